The van der Waals surface area contributed by atoms with Gasteiger partial charge in [-0.1, -0.05) is 322 Å². The minimum atomic E-state index is -4.96. The first kappa shape index (κ1) is 95.5. The van der Waals surface area contributed by atoms with E-state index in [-0.39, 0.29) is 25.7 Å². The molecule has 0 aromatic rings. The van der Waals surface area contributed by atoms with Gasteiger partial charge in [-0.25, -0.2) is 9.13 Å². The van der Waals surface area contributed by atoms with Crippen molar-refractivity contribution < 1.29 is 80.2 Å². The number of phosphoric acid groups is 2. The zero-order valence-electron chi connectivity index (χ0n) is 63.2. The lowest BCUT2D eigenvalue weighted by atomic mass is 10.0. The van der Waals surface area contributed by atoms with Crippen LogP contribution in [0.3, 0.4) is 0 Å². The maximum Gasteiger partial charge on any atom is 0.472 e. The molecule has 0 heterocycles. The molecule has 0 spiro atoms. The first-order valence-electron chi connectivity index (χ1n) is 40.6. The highest BCUT2D eigenvalue weighted by Crippen LogP contribution is 2.45. The molecule has 0 amide bonds. The number of esters is 4. The monoisotopic (exact) mass is 1430 g/mol. The van der Waals surface area contributed by atoms with Gasteiger partial charge in [0, 0.05) is 25.7 Å². The van der Waals surface area contributed by atoms with E-state index in [0.717, 1.165) is 122 Å². The summed E-state index contributed by atoms with van der Waals surface area (Å²) < 4.78 is 68.6. The summed E-state index contributed by atoms with van der Waals surface area (Å²) >= 11 is 0. The topological polar surface area (TPSA) is 237 Å². The van der Waals surface area contributed by atoms with E-state index in [1.54, 1.807) is 0 Å². The first-order valence-corrected chi connectivity index (χ1v) is 43.6. The van der Waals surface area contributed by atoms with Crippen LogP contribution in [0, 0.1) is 0 Å². The van der Waals surface area contributed by atoms with Gasteiger partial charge in [-0.2, -0.15) is 0 Å². The fourth-order valence-corrected chi connectivity index (χ4v) is 13.3. The third kappa shape index (κ3) is 71.9. The van der Waals surface area contributed by atoms with E-state index >= 15 is 0 Å². The summed E-state index contributed by atoms with van der Waals surface area (Å²) in [6.45, 7) is 4.95. The lowest BCUT2D eigenvalue weighted by molar-refractivity contribution is -0.161. The minimum Gasteiger partial charge on any atom is -0.462 e. The molecule has 2 unspecified atom stereocenters. The van der Waals surface area contributed by atoms with Crippen LogP contribution in [0.5, 0.6) is 0 Å². The summed E-state index contributed by atoms with van der Waals surface area (Å²) in [6, 6.07) is 0. The molecule has 0 aliphatic carbocycles. The smallest absolute Gasteiger partial charge is 0.462 e. The molecule has 0 aliphatic heterocycles. The van der Waals surface area contributed by atoms with Gasteiger partial charge in [0.15, 0.2) is 12.2 Å². The Morgan fingerprint density at radius 2 is 0.469 bits per heavy atom. The molecule has 0 radical (unpaired) electrons. The molecule has 0 saturated heterocycles. The largest absolute Gasteiger partial charge is 0.472 e. The molecule has 5 atom stereocenters. The SMILES string of the molecule is CCCCCC/C=C\CCCCCCCC(=O)OC[C@H](COP(=O)(O)OC[C@@H](O)COP(=O)(O)OC[C@@H](COC(=O)CCCCCCCCCCCCCCCCC)OC(=O)CCCCCCC/C=C\CCCCCCCC)OC(=O)CCCCCCCCCCCCCCCCC. The van der Waals surface area contributed by atoms with Crippen LogP contribution in [0.15, 0.2) is 24.3 Å². The van der Waals surface area contributed by atoms with E-state index in [4.69, 9.17) is 37.0 Å². The molecule has 0 aromatic carbocycles. The number of phosphoric ester groups is 2. The third-order valence-corrected chi connectivity index (χ3v) is 19.8. The highest BCUT2D eigenvalue weighted by molar-refractivity contribution is 7.47. The van der Waals surface area contributed by atoms with Crippen LogP contribution in [0.4, 0.5) is 0 Å². The van der Waals surface area contributed by atoms with Gasteiger partial charge in [-0.15, -0.1) is 0 Å². The van der Waals surface area contributed by atoms with Gasteiger partial charge in [-0.05, 0) is 77.0 Å². The summed E-state index contributed by atoms with van der Waals surface area (Å²) in [4.78, 5) is 73.0. The first-order chi connectivity index (χ1) is 47.7. The fourth-order valence-electron chi connectivity index (χ4n) is 11.7. The number of carbonyl (C=O) groups is 4. The number of hydrogen-bond donors (Lipinski definition) is 3. The van der Waals surface area contributed by atoms with Crippen molar-refractivity contribution >= 4 is 39.5 Å². The average molecular weight is 1430 g/mol. The second-order valence-corrected chi connectivity index (χ2v) is 30.6. The Kier molecular flexibility index (Phi) is 71.0. The standard InChI is InChI=1S/C79H150O17P2/c1-5-9-13-17-21-25-29-33-36-40-44-48-52-56-60-64-77(82)90-70-75(96-79(84)66-62-58-54-50-46-42-38-35-31-27-23-19-15-11-7-3)72-94-98(87,88)92-68-73(80)67-91-97(85,86)93-71-74(69-89-76(81)63-59-55-51-47-43-39-32-28-24-20-16-12-8-4)95-78(83)65-61-57-53-49-45-41-37-34-30-26-22-18-14-10-6-2/h28,32,35,38,73-75,80H,5-27,29-31,33-34,36-37,39-72H2,1-4H3,(H,85,86)(H,87,88)/b32-28-,38-35-/t73-,74-,75-/m1/s1. The van der Waals surface area contributed by atoms with Crippen molar-refractivity contribution in [3.05, 3.63) is 24.3 Å². The van der Waals surface area contributed by atoms with Crippen molar-refractivity contribution in [3.63, 3.8) is 0 Å². The van der Waals surface area contributed by atoms with Crippen LogP contribution < -0.4 is 0 Å². The minimum absolute atomic E-state index is 0.0940. The summed E-state index contributed by atoms with van der Waals surface area (Å²) in [5, 5.41) is 10.6. The van der Waals surface area contributed by atoms with Gasteiger partial charge in [0.1, 0.15) is 19.3 Å². The predicted octanol–water partition coefficient (Wildman–Crippen LogP) is 23.3. The number of rotatable bonds is 78. The normalized spacial score (nSPS) is 14.0. The van der Waals surface area contributed by atoms with Gasteiger partial charge >= 0.3 is 39.5 Å². The number of allylic oxidation sites excluding steroid dienone is 4. The van der Waals surface area contributed by atoms with E-state index < -0.39 is 97.5 Å². The van der Waals surface area contributed by atoms with Crippen LogP contribution in [0.2, 0.25) is 0 Å². The van der Waals surface area contributed by atoms with Crippen molar-refractivity contribution in [2.75, 3.05) is 39.6 Å². The molecule has 3 N–H and O–H groups in total. The lowest BCUT2D eigenvalue weighted by Gasteiger charge is -2.21. The molecule has 578 valence electrons. The van der Waals surface area contributed by atoms with Crippen LogP contribution in [0.25, 0.3) is 0 Å². The Bertz CT molecular complexity index is 1950. The Hall–Kier alpha value is -2.46. The van der Waals surface area contributed by atoms with E-state index in [1.165, 1.54) is 199 Å². The number of aliphatic hydroxyl groups excluding tert-OH is 1. The maximum absolute atomic E-state index is 13.1. The maximum atomic E-state index is 13.1. The van der Waals surface area contributed by atoms with Gasteiger partial charge in [0.05, 0.1) is 26.4 Å². The zero-order valence-corrected chi connectivity index (χ0v) is 65.0. The molecule has 17 nitrogen and oxygen atoms in total. The summed E-state index contributed by atoms with van der Waals surface area (Å²) in [6.07, 6.45) is 67.2. The van der Waals surface area contributed by atoms with Crippen molar-refractivity contribution in [2.24, 2.45) is 0 Å². The summed E-state index contributed by atoms with van der Waals surface area (Å²) in [5.41, 5.74) is 0. The lowest BCUT2D eigenvalue weighted by Crippen LogP contribution is -2.30. The predicted molar refractivity (Wildman–Crippen MR) is 400 cm³/mol. The molecule has 98 heavy (non-hydrogen) atoms. The summed E-state index contributed by atoms with van der Waals surface area (Å²) in [7, 11) is -9.93. The quantitative estimate of drug-likeness (QED) is 0.0169. The van der Waals surface area contributed by atoms with E-state index in [0.29, 0.717) is 25.7 Å². The highest BCUT2D eigenvalue weighted by atomic mass is 31.2. The van der Waals surface area contributed by atoms with Crippen molar-refractivity contribution in [2.45, 2.75) is 418 Å². The van der Waals surface area contributed by atoms with Crippen LogP contribution in [0.1, 0.15) is 400 Å². The highest BCUT2D eigenvalue weighted by Gasteiger charge is 2.30. The average Bonchev–Trinajstić information content (AvgIpc) is 0.977. The van der Waals surface area contributed by atoms with E-state index in [2.05, 4.69) is 52.0 Å². The van der Waals surface area contributed by atoms with Crippen molar-refractivity contribution in [1.29, 1.82) is 0 Å². The Balaban J connectivity index is 5.30. The number of carbonyl (C=O) groups excluding carboxylic acids is 4. The van der Waals surface area contributed by atoms with Crippen molar-refractivity contribution in [1.82, 2.24) is 0 Å². The van der Waals surface area contributed by atoms with E-state index in [1.807, 2.05) is 0 Å². The van der Waals surface area contributed by atoms with Gasteiger partial charge < -0.3 is 33.8 Å². The molecule has 19 heteroatoms. The van der Waals surface area contributed by atoms with Gasteiger partial charge in [0.2, 0.25) is 0 Å². The molecule has 0 aromatic heterocycles. The van der Waals surface area contributed by atoms with Crippen LogP contribution in [-0.4, -0.2) is 96.7 Å². The Morgan fingerprint density at radius 3 is 0.714 bits per heavy atom. The second kappa shape index (κ2) is 72.9. The number of unbranched alkanes of at least 4 members (excludes halogenated alkanes) is 48. The molecular weight excluding hydrogens is 1280 g/mol. The molecule has 0 rings (SSSR count). The Labute approximate surface area is 599 Å². The summed E-state index contributed by atoms with van der Waals surface area (Å²) in [5.74, 6) is -2.14. The van der Waals surface area contributed by atoms with Crippen LogP contribution >= 0.6 is 15.6 Å². The molecule has 0 aliphatic rings. The molecule has 0 fully saturated rings. The number of ether oxygens (including phenoxy) is 4. The third-order valence-electron chi connectivity index (χ3n) is 17.9. The fraction of sp³-hybridized carbons (Fsp3) is 0.899. The molecular formula is C79H150O17P2. The molecule has 0 saturated carbocycles. The van der Waals surface area contributed by atoms with E-state index in [9.17, 15) is 43.2 Å². The van der Waals surface area contributed by atoms with Gasteiger partial charge in [-0.3, -0.25) is 37.3 Å². The second-order valence-electron chi connectivity index (χ2n) is 27.7. The number of hydrogen-bond acceptors (Lipinski definition) is 15. The van der Waals surface area contributed by atoms with Crippen molar-refractivity contribution in [3.8, 4) is 0 Å². The zero-order chi connectivity index (χ0) is 71.8. The van der Waals surface area contributed by atoms with Crippen LogP contribution in [-0.2, 0) is 65.4 Å². The molecule has 0 bridgehead atoms. The Morgan fingerprint density at radius 1 is 0.276 bits per heavy atom. The number of aliphatic hydroxyl groups is 1. The van der Waals surface area contributed by atoms with Gasteiger partial charge in [0.25, 0.3) is 0 Å².